The lowest BCUT2D eigenvalue weighted by molar-refractivity contribution is 0.0547. The number of aromatic nitrogens is 2. The molecule has 12 heteroatoms. The van der Waals surface area contributed by atoms with E-state index in [-0.39, 0.29) is 16.7 Å². The van der Waals surface area contributed by atoms with Crippen LogP contribution in [0, 0.1) is 25.7 Å². The summed E-state index contributed by atoms with van der Waals surface area (Å²) >= 11 is 1.55. The summed E-state index contributed by atoms with van der Waals surface area (Å²) in [6.07, 6.45) is 1.55. The van der Waals surface area contributed by atoms with Crippen LogP contribution in [0.5, 0.6) is 17.2 Å². The fraction of sp³-hybridized carbons (Fsp3) is 0.656. The molecule has 0 saturated carbocycles. The Labute approximate surface area is 272 Å². The molecule has 1 atom stereocenters. The topological polar surface area (TPSA) is 119 Å². The Morgan fingerprint density at radius 2 is 1.57 bits per heavy atom. The summed E-state index contributed by atoms with van der Waals surface area (Å²) < 4.78 is 30.9. The highest BCUT2D eigenvalue weighted by Crippen LogP contribution is 2.51. The van der Waals surface area contributed by atoms with Gasteiger partial charge in [0.2, 0.25) is 5.89 Å². The van der Waals surface area contributed by atoms with Gasteiger partial charge in [-0.2, -0.15) is 16.7 Å². The Bertz CT molecular complexity index is 1280. The van der Waals surface area contributed by atoms with Gasteiger partial charge in [-0.05, 0) is 48.9 Å². The largest absolute Gasteiger partial charge is 0.539 e. The number of carbonyl (C=O) groups excluding carboxylic acids is 1. The van der Waals surface area contributed by atoms with Crippen molar-refractivity contribution in [3.8, 4) is 17.2 Å². The van der Waals surface area contributed by atoms with Crippen LogP contribution >= 0.6 is 11.8 Å². The van der Waals surface area contributed by atoms with Crippen LogP contribution in [0.4, 0.5) is 0 Å². The fourth-order valence-corrected chi connectivity index (χ4v) is 8.30. The van der Waals surface area contributed by atoms with E-state index in [0.29, 0.717) is 69.0 Å². The average Bonchev–Trinajstić information content (AvgIpc) is 3.39. The van der Waals surface area contributed by atoms with Crippen LogP contribution in [0.25, 0.3) is 0 Å². The van der Waals surface area contributed by atoms with Gasteiger partial charge in [0.05, 0.1) is 18.7 Å². The molecule has 44 heavy (non-hydrogen) atoms. The van der Waals surface area contributed by atoms with E-state index in [1.807, 2.05) is 6.92 Å². The first-order chi connectivity index (χ1) is 20.4. The van der Waals surface area contributed by atoms with E-state index in [1.54, 1.807) is 31.9 Å². The van der Waals surface area contributed by atoms with Crippen molar-refractivity contribution < 1.29 is 27.6 Å². The van der Waals surface area contributed by atoms with Crippen molar-refractivity contribution in [3.05, 3.63) is 41.1 Å². The van der Waals surface area contributed by atoms with Gasteiger partial charge in [-0.15, -0.1) is 0 Å². The van der Waals surface area contributed by atoms with Gasteiger partial charge in [0, 0.05) is 22.6 Å². The van der Waals surface area contributed by atoms with Gasteiger partial charge in [-0.25, -0.2) is 4.79 Å². The Morgan fingerprint density at radius 3 is 2.02 bits per heavy atom. The molecule has 1 aromatic carbocycles. The molecular weight excluding hydrogens is 611 g/mol. The monoisotopic (exact) mass is 663 g/mol. The standard InChI is InChI=1S/C32H53N3O6SSi2/c1-15-16-38-30(36)25-21(6)26(37-12)28(41-44(14)32(10,11)20(4)5)27(40-43(13)31(8,9)19(2)3)23(25)17-42-18-24(33)29-34-22(7)35-39-29/h15,19-20,24H,1,16-18,33H2,2-14H3. The highest BCUT2D eigenvalue weighted by molar-refractivity contribution is 7.98. The van der Waals surface area contributed by atoms with Crippen molar-refractivity contribution in [3.63, 3.8) is 0 Å². The van der Waals surface area contributed by atoms with Crippen molar-refractivity contribution in [1.29, 1.82) is 0 Å². The second-order valence-corrected chi connectivity index (χ2v) is 19.2. The maximum absolute atomic E-state index is 13.7. The van der Waals surface area contributed by atoms with Gasteiger partial charge >= 0.3 is 5.97 Å². The third-order valence-electron chi connectivity index (χ3n) is 9.06. The number of ether oxygens (including phenoxy) is 2. The van der Waals surface area contributed by atoms with Crippen LogP contribution < -0.4 is 19.3 Å². The minimum Gasteiger partial charge on any atom is -0.539 e. The summed E-state index contributed by atoms with van der Waals surface area (Å²) in [7, 11) is -1.32. The predicted molar refractivity (Wildman–Crippen MR) is 183 cm³/mol. The number of esters is 1. The van der Waals surface area contributed by atoms with Crippen molar-refractivity contribution >= 4 is 35.8 Å². The summed E-state index contributed by atoms with van der Waals surface area (Å²) in [5, 5.41) is 3.71. The lowest BCUT2D eigenvalue weighted by Crippen LogP contribution is -2.37. The predicted octanol–water partition coefficient (Wildman–Crippen LogP) is 7.84. The first kappa shape index (κ1) is 37.9. The highest BCUT2D eigenvalue weighted by Gasteiger charge is 2.40. The van der Waals surface area contributed by atoms with Crippen LogP contribution in [0.15, 0.2) is 17.2 Å². The van der Waals surface area contributed by atoms with E-state index in [9.17, 15) is 4.79 Å². The van der Waals surface area contributed by atoms with Gasteiger partial charge in [0.25, 0.3) is 18.1 Å². The van der Waals surface area contributed by atoms with Crippen molar-refractivity contribution in [2.24, 2.45) is 17.6 Å². The molecule has 2 radical (unpaired) electrons. The number of methoxy groups -OCH3 is 1. The molecule has 0 aliphatic carbocycles. The van der Waals surface area contributed by atoms with Crippen molar-refractivity contribution in [2.45, 2.75) is 104 Å². The summed E-state index contributed by atoms with van der Waals surface area (Å²) in [4.78, 5) is 18.0. The highest BCUT2D eigenvalue weighted by atomic mass is 32.2. The quantitative estimate of drug-likeness (QED) is 0.102. The number of thioether (sulfide) groups is 1. The summed E-state index contributed by atoms with van der Waals surface area (Å²) in [6, 6.07) is -0.472. The van der Waals surface area contributed by atoms with E-state index < -0.39 is 30.1 Å². The molecule has 0 saturated heterocycles. The maximum Gasteiger partial charge on any atom is 0.339 e. The average molecular weight is 664 g/mol. The van der Waals surface area contributed by atoms with Crippen LogP contribution in [0.3, 0.4) is 0 Å². The van der Waals surface area contributed by atoms with Gasteiger partial charge in [0.1, 0.15) is 6.61 Å². The zero-order valence-electron chi connectivity index (χ0n) is 29.0. The molecule has 9 nitrogen and oxygen atoms in total. The lowest BCUT2D eigenvalue weighted by Gasteiger charge is -2.37. The van der Waals surface area contributed by atoms with Gasteiger partial charge in [-0.3, -0.25) is 0 Å². The molecule has 1 aromatic heterocycles. The molecule has 1 heterocycles. The SMILES string of the molecule is C=CCOC(=O)c1c(C)c(OC)c(O[Si](C)C(C)(C)C(C)C)c(O[Si](C)C(C)(C)C(C)C)c1CSCC(N)c1nc(C)no1. The van der Waals surface area contributed by atoms with E-state index >= 15 is 0 Å². The number of rotatable bonds is 17. The van der Waals surface area contributed by atoms with Crippen LogP contribution in [-0.4, -0.2) is 53.7 Å². The van der Waals surface area contributed by atoms with Gasteiger partial charge < -0.3 is 28.6 Å². The van der Waals surface area contributed by atoms with Crippen LogP contribution in [0.2, 0.25) is 23.2 Å². The van der Waals surface area contributed by atoms with Crippen LogP contribution in [0.1, 0.15) is 94.6 Å². The van der Waals surface area contributed by atoms with Gasteiger partial charge in [0.15, 0.2) is 23.1 Å². The molecule has 0 aliphatic rings. The first-order valence-corrected chi connectivity index (χ1v) is 20.1. The Morgan fingerprint density at radius 1 is 1.02 bits per heavy atom. The normalized spacial score (nSPS) is 13.1. The zero-order chi connectivity index (χ0) is 33.6. The second kappa shape index (κ2) is 15.8. The first-order valence-electron chi connectivity index (χ1n) is 15.1. The smallest absolute Gasteiger partial charge is 0.339 e. The zero-order valence-corrected chi connectivity index (χ0v) is 31.8. The molecule has 2 N–H and O–H groups in total. The second-order valence-electron chi connectivity index (χ2n) is 12.9. The summed E-state index contributed by atoms with van der Waals surface area (Å²) in [5.74, 6) is 3.66. The molecule has 0 spiro atoms. The third-order valence-corrected chi connectivity index (χ3v) is 16.0. The molecular formula is C32H53N3O6SSi2. The van der Waals surface area contributed by atoms with Crippen molar-refractivity contribution in [2.75, 3.05) is 19.5 Å². The number of carbonyl (C=O) groups is 1. The summed E-state index contributed by atoms with van der Waals surface area (Å²) in [6.45, 7) is 29.5. The van der Waals surface area contributed by atoms with Crippen LogP contribution in [-0.2, 0) is 10.5 Å². The summed E-state index contributed by atoms with van der Waals surface area (Å²) in [5.41, 5.74) is 8.16. The molecule has 1 unspecified atom stereocenters. The lowest BCUT2D eigenvalue weighted by atomic mass is 9.99. The van der Waals surface area contributed by atoms with E-state index in [2.05, 4.69) is 85.2 Å². The third kappa shape index (κ3) is 8.70. The molecule has 0 amide bonds. The number of benzene rings is 1. The van der Waals surface area contributed by atoms with E-state index in [1.165, 1.54) is 0 Å². The number of aryl methyl sites for hydroxylation is 1. The molecule has 0 bridgehead atoms. The van der Waals surface area contributed by atoms with E-state index in [0.717, 1.165) is 0 Å². The Balaban J connectivity index is 2.81. The molecule has 0 aliphatic heterocycles. The number of nitrogens with two attached hydrogens (primary N) is 1. The maximum atomic E-state index is 13.7. The molecule has 0 fully saturated rings. The Kier molecular flexibility index (Phi) is 13.6. The van der Waals surface area contributed by atoms with E-state index in [4.69, 9.17) is 28.6 Å². The Hall–Kier alpha value is -2.29. The molecule has 2 aromatic rings. The minimum atomic E-state index is -1.48. The number of hydrogen-bond acceptors (Lipinski definition) is 10. The number of hydrogen-bond donors (Lipinski definition) is 1. The minimum absolute atomic E-state index is 0.0660. The molecule has 246 valence electrons. The molecule has 2 rings (SSSR count). The fourth-order valence-electron chi connectivity index (χ4n) is 4.14. The van der Waals surface area contributed by atoms with Gasteiger partial charge in [-0.1, -0.05) is 73.2 Å². The number of nitrogens with zero attached hydrogens (tertiary/aromatic N) is 2. The van der Waals surface area contributed by atoms with Crippen molar-refractivity contribution in [1.82, 2.24) is 10.1 Å².